The van der Waals surface area contributed by atoms with Gasteiger partial charge >= 0.3 is 0 Å². The van der Waals surface area contributed by atoms with Crippen LogP contribution in [0.4, 0.5) is 4.39 Å². The number of nitrogens with one attached hydrogen (secondary N) is 1. The van der Waals surface area contributed by atoms with Gasteiger partial charge in [0.1, 0.15) is 0 Å². The largest absolute Gasteiger partial charge is 0.365 e. The lowest BCUT2D eigenvalue weighted by molar-refractivity contribution is 0.581. The number of hydrogen-bond donors (Lipinski definition) is 1. The molecule has 0 amide bonds. The summed E-state index contributed by atoms with van der Waals surface area (Å²) < 4.78 is 12.9. The van der Waals surface area contributed by atoms with Crippen LogP contribution in [0.2, 0.25) is 0 Å². The van der Waals surface area contributed by atoms with Crippen molar-refractivity contribution in [1.29, 1.82) is 0 Å². The van der Waals surface area contributed by atoms with E-state index in [0.29, 0.717) is 11.6 Å². The Kier molecular flexibility index (Phi) is 3.63. The maximum atomic E-state index is 12.9. The van der Waals surface area contributed by atoms with Crippen LogP contribution in [-0.4, -0.2) is 12.0 Å². The second kappa shape index (κ2) is 4.74. The first-order valence-corrected chi connectivity index (χ1v) is 4.64. The van der Waals surface area contributed by atoms with E-state index in [1.165, 1.54) is 13.1 Å². The second-order valence-electron chi connectivity index (χ2n) is 3.41. The SMILES string of the molecule is CN/C(F)=C/c1cc(C(C)C)ccn1. The molecule has 1 N–H and O–H groups in total. The standard InChI is InChI=1S/C11H15FN2/c1-8(2)9-4-5-14-10(6-9)7-11(12)13-3/h4-8,13H,1-3H3/b11-7+. The molecule has 0 unspecified atom stereocenters. The zero-order valence-electron chi connectivity index (χ0n) is 8.71. The van der Waals surface area contributed by atoms with Gasteiger partial charge in [0, 0.05) is 19.3 Å². The van der Waals surface area contributed by atoms with Crippen LogP contribution in [0.15, 0.2) is 24.3 Å². The van der Waals surface area contributed by atoms with E-state index in [1.807, 2.05) is 12.1 Å². The van der Waals surface area contributed by atoms with Crippen molar-refractivity contribution in [3.8, 4) is 0 Å². The summed E-state index contributed by atoms with van der Waals surface area (Å²) in [6.07, 6.45) is 3.08. The summed E-state index contributed by atoms with van der Waals surface area (Å²) in [7, 11) is 1.54. The molecule has 0 spiro atoms. The highest BCUT2D eigenvalue weighted by Gasteiger charge is 2.00. The van der Waals surface area contributed by atoms with Crippen molar-refractivity contribution in [3.63, 3.8) is 0 Å². The van der Waals surface area contributed by atoms with Gasteiger partial charge in [-0.1, -0.05) is 13.8 Å². The van der Waals surface area contributed by atoms with Gasteiger partial charge in [0.25, 0.3) is 0 Å². The average Bonchev–Trinajstić information content (AvgIpc) is 2.18. The lowest BCUT2D eigenvalue weighted by Gasteiger charge is -2.05. The summed E-state index contributed by atoms with van der Waals surface area (Å²) in [5.41, 5.74) is 1.80. The van der Waals surface area contributed by atoms with Crippen LogP contribution in [0.5, 0.6) is 0 Å². The third-order valence-electron chi connectivity index (χ3n) is 1.99. The smallest absolute Gasteiger partial charge is 0.188 e. The molecular formula is C11H15FN2. The maximum absolute atomic E-state index is 12.9. The van der Waals surface area contributed by atoms with Gasteiger partial charge in [-0.2, -0.15) is 4.39 Å². The third kappa shape index (κ3) is 2.83. The zero-order valence-corrected chi connectivity index (χ0v) is 8.71. The Hall–Kier alpha value is -1.38. The van der Waals surface area contributed by atoms with E-state index in [-0.39, 0.29) is 5.95 Å². The van der Waals surface area contributed by atoms with Crippen LogP contribution >= 0.6 is 0 Å². The number of hydrogen-bond acceptors (Lipinski definition) is 2. The molecule has 1 rings (SSSR count). The molecule has 14 heavy (non-hydrogen) atoms. The van der Waals surface area contributed by atoms with Crippen molar-refractivity contribution in [2.24, 2.45) is 0 Å². The van der Waals surface area contributed by atoms with E-state index >= 15 is 0 Å². The average molecular weight is 194 g/mol. The van der Waals surface area contributed by atoms with E-state index in [4.69, 9.17) is 0 Å². The van der Waals surface area contributed by atoms with E-state index in [0.717, 1.165) is 5.56 Å². The minimum Gasteiger partial charge on any atom is -0.365 e. The normalized spacial score (nSPS) is 11.9. The molecule has 76 valence electrons. The van der Waals surface area contributed by atoms with Crippen LogP contribution < -0.4 is 5.32 Å². The molecule has 3 heteroatoms. The van der Waals surface area contributed by atoms with Gasteiger partial charge in [-0.25, -0.2) is 0 Å². The first kappa shape index (κ1) is 10.7. The van der Waals surface area contributed by atoms with E-state index in [1.54, 1.807) is 6.20 Å². The summed E-state index contributed by atoms with van der Waals surface area (Å²) in [5.74, 6) is 0.0567. The molecule has 0 atom stereocenters. The summed E-state index contributed by atoms with van der Waals surface area (Å²) in [4.78, 5) is 4.05. The Labute approximate surface area is 83.9 Å². The molecule has 0 aliphatic carbocycles. The van der Waals surface area contributed by atoms with Crippen molar-refractivity contribution in [1.82, 2.24) is 10.3 Å². The summed E-state index contributed by atoms with van der Waals surface area (Å²) in [6, 6.07) is 3.83. The molecule has 2 nitrogen and oxygen atoms in total. The summed E-state index contributed by atoms with van der Waals surface area (Å²) >= 11 is 0. The number of pyridine rings is 1. The number of halogens is 1. The van der Waals surface area contributed by atoms with Crippen LogP contribution in [0.3, 0.4) is 0 Å². The fourth-order valence-electron chi connectivity index (χ4n) is 1.11. The van der Waals surface area contributed by atoms with Gasteiger partial charge in [-0.05, 0) is 23.6 Å². The minimum absolute atomic E-state index is 0.376. The van der Waals surface area contributed by atoms with Crippen molar-refractivity contribution >= 4 is 6.08 Å². The number of aromatic nitrogens is 1. The van der Waals surface area contributed by atoms with Crippen molar-refractivity contribution < 1.29 is 4.39 Å². The van der Waals surface area contributed by atoms with Gasteiger partial charge in [0.15, 0.2) is 5.95 Å². The third-order valence-corrected chi connectivity index (χ3v) is 1.99. The first-order chi connectivity index (χ1) is 6.63. The highest BCUT2D eigenvalue weighted by Crippen LogP contribution is 2.15. The van der Waals surface area contributed by atoms with Crippen LogP contribution in [0, 0.1) is 0 Å². The molecule has 1 heterocycles. The monoisotopic (exact) mass is 194 g/mol. The fourth-order valence-corrected chi connectivity index (χ4v) is 1.11. The molecule has 0 aliphatic rings. The van der Waals surface area contributed by atoms with Gasteiger partial charge < -0.3 is 5.32 Å². The van der Waals surface area contributed by atoms with Crippen LogP contribution in [0.25, 0.3) is 6.08 Å². The first-order valence-electron chi connectivity index (χ1n) is 4.64. The van der Waals surface area contributed by atoms with E-state index in [9.17, 15) is 4.39 Å². The van der Waals surface area contributed by atoms with E-state index < -0.39 is 0 Å². The molecule has 0 bridgehead atoms. The Morgan fingerprint density at radius 1 is 1.57 bits per heavy atom. The highest BCUT2D eigenvalue weighted by atomic mass is 19.1. The molecule has 1 aromatic heterocycles. The van der Waals surface area contributed by atoms with Crippen LogP contribution in [-0.2, 0) is 0 Å². The molecule has 1 aromatic rings. The molecule has 0 aliphatic heterocycles. The zero-order chi connectivity index (χ0) is 10.6. The summed E-state index contributed by atoms with van der Waals surface area (Å²) in [6.45, 7) is 4.19. The Morgan fingerprint density at radius 3 is 2.86 bits per heavy atom. The Bertz CT molecular complexity index is 332. The molecular weight excluding hydrogens is 179 g/mol. The van der Waals surface area contributed by atoms with Gasteiger partial charge in [0.05, 0.1) is 5.69 Å². The molecule has 0 aromatic carbocycles. The van der Waals surface area contributed by atoms with Gasteiger partial charge in [-0.3, -0.25) is 4.98 Å². The van der Waals surface area contributed by atoms with Crippen molar-refractivity contribution in [2.45, 2.75) is 19.8 Å². The highest BCUT2D eigenvalue weighted by molar-refractivity contribution is 5.47. The molecule has 0 radical (unpaired) electrons. The summed E-state index contributed by atoms with van der Waals surface area (Å²) in [5, 5.41) is 2.42. The Balaban J connectivity index is 2.94. The molecule has 0 fully saturated rings. The Morgan fingerprint density at radius 2 is 2.29 bits per heavy atom. The number of nitrogens with zero attached hydrogens (tertiary/aromatic N) is 1. The number of rotatable bonds is 3. The predicted octanol–water partition coefficient (Wildman–Crippen LogP) is 2.69. The van der Waals surface area contributed by atoms with Crippen molar-refractivity contribution in [3.05, 3.63) is 35.5 Å². The minimum atomic E-state index is -0.376. The quantitative estimate of drug-likeness (QED) is 0.748. The predicted molar refractivity (Wildman–Crippen MR) is 56.5 cm³/mol. The van der Waals surface area contributed by atoms with Gasteiger partial charge in [-0.15, -0.1) is 0 Å². The lowest BCUT2D eigenvalue weighted by Crippen LogP contribution is -2.00. The second-order valence-corrected chi connectivity index (χ2v) is 3.41. The van der Waals surface area contributed by atoms with Crippen molar-refractivity contribution in [2.75, 3.05) is 7.05 Å². The molecule has 0 saturated carbocycles. The van der Waals surface area contributed by atoms with E-state index in [2.05, 4.69) is 24.1 Å². The van der Waals surface area contributed by atoms with Gasteiger partial charge in [0.2, 0.25) is 0 Å². The maximum Gasteiger partial charge on any atom is 0.188 e. The topological polar surface area (TPSA) is 24.9 Å². The molecule has 0 saturated heterocycles. The van der Waals surface area contributed by atoms with Crippen LogP contribution in [0.1, 0.15) is 31.0 Å². The fraction of sp³-hybridized carbons (Fsp3) is 0.364. The lowest BCUT2D eigenvalue weighted by atomic mass is 10.0.